The van der Waals surface area contributed by atoms with Gasteiger partial charge >= 0.3 is 6.18 Å². The fourth-order valence-corrected chi connectivity index (χ4v) is 1.60. The SMILES string of the molecule is CCNC(=O)c1cc(NCCCCC(F)(F)F)ccn1. The van der Waals surface area contributed by atoms with Crippen molar-refractivity contribution in [1.29, 1.82) is 0 Å². The molecule has 1 aromatic heterocycles. The molecule has 0 radical (unpaired) electrons. The average molecular weight is 289 g/mol. The number of pyridine rings is 1. The predicted molar refractivity (Wildman–Crippen MR) is 70.6 cm³/mol. The molecule has 1 amide bonds. The summed E-state index contributed by atoms with van der Waals surface area (Å²) in [7, 11) is 0. The fraction of sp³-hybridized carbons (Fsp3) is 0.538. The maximum Gasteiger partial charge on any atom is 0.389 e. The van der Waals surface area contributed by atoms with Crippen LogP contribution in [0.4, 0.5) is 18.9 Å². The molecule has 20 heavy (non-hydrogen) atoms. The van der Waals surface area contributed by atoms with Gasteiger partial charge in [-0.2, -0.15) is 13.2 Å². The number of carbonyl (C=O) groups excluding carboxylic acids is 1. The molecule has 2 N–H and O–H groups in total. The van der Waals surface area contributed by atoms with Crippen LogP contribution in [-0.4, -0.2) is 30.2 Å². The summed E-state index contributed by atoms with van der Waals surface area (Å²) in [5.74, 6) is -0.270. The van der Waals surface area contributed by atoms with Crippen LogP contribution in [0.25, 0.3) is 0 Å². The van der Waals surface area contributed by atoms with Crippen LogP contribution in [0.5, 0.6) is 0 Å². The van der Waals surface area contributed by atoms with Gasteiger partial charge in [-0.05, 0) is 31.9 Å². The number of hydrogen-bond acceptors (Lipinski definition) is 3. The Bertz CT molecular complexity index is 435. The summed E-state index contributed by atoms with van der Waals surface area (Å²) >= 11 is 0. The van der Waals surface area contributed by atoms with Crippen molar-refractivity contribution < 1.29 is 18.0 Å². The second-order valence-electron chi connectivity index (χ2n) is 4.29. The maximum atomic E-state index is 11.9. The molecule has 0 aliphatic heterocycles. The minimum Gasteiger partial charge on any atom is -0.385 e. The fourth-order valence-electron chi connectivity index (χ4n) is 1.60. The lowest BCUT2D eigenvalue weighted by molar-refractivity contribution is -0.135. The molecule has 4 nitrogen and oxygen atoms in total. The van der Waals surface area contributed by atoms with Crippen molar-refractivity contribution in [1.82, 2.24) is 10.3 Å². The van der Waals surface area contributed by atoms with Crippen LogP contribution in [0.15, 0.2) is 18.3 Å². The van der Waals surface area contributed by atoms with Crippen molar-refractivity contribution in [3.8, 4) is 0 Å². The van der Waals surface area contributed by atoms with Crippen LogP contribution in [-0.2, 0) is 0 Å². The number of carbonyl (C=O) groups is 1. The van der Waals surface area contributed by atoms with Gasteiger partial charge in [-0.15, -0.1) is 0 Å². The molecular weight excluding hydrogens is 271 g/mol. The third kappa shape index (κ3) is 6.40. The second-order valence-corrected chi connectivity index (χ2v) is 4.29. The molecule has 0 bridgehead atoms. The Balaban J connectivity index is 2.37. The Morgan fingerprint density at radius 1 is 1.35 bits per heavy atom. The molecule has 7 heteroatoms. The van der Waals surface area contributed by atoms with Crippen LogP contribution in [0.3, 0.4) is 0 Å². The normalized spacial score (nSPS) is 11.2. The number of rotatable bonds is 7. The van der Waals surface area contributed by atoms with Gasteiger partial charge in [-0.1, -0.05) is 0 Å². The van der Waals surface area contributed by atoms with Crippen molar-refractivity contribution in [2.24, 2.45) is 0 Å². The topological polar surface area (TPSA) is 54.0 Å². The van der Waals surface area contributed by atoms with Gasteiger partial charge in [0.1, 0.15) is 5.69 Å². The first-order valence-corrected chi connectivity index (χ1v) is 6.47. The Morgan fingerprint density at radius 3 is 2.75 bits per heavy atom. The number of halogens is 3. The second kappa shape index (κ2) is 7.72. The first-order chi connectivity index (χ1) is 9.42. The Morgan fingerprint density at radius 2 is 2.10 bits per heavy atom. The number of alkyl halides is 3. The van der Waals surface area contributed by atoms with Crippen LogP contribution >= 0.6 is 0 Å². The van der Waals surface area contributed by atoms with Crippen molar-refractivity contribution in [3.05, 3.63) is 24.0 Å². The van der Waals surface area contributed by atoms with Crippen molar-refractivity contribution in [2.75, 3.05) is 18.4 Å². The third-order valence-corrected chi connectivity index (χ3v) is 2.55. The zero-order valence-corrected chi connectivity index (χ0v) is 11.3. The van der Waals surface area contributed by atoms with Crippen LogP contribution < -0.4 is 10.6 Å². The minimum absolute atomic E-state index is 0.0881. The maximum absolute atomic E-state index is 11.9. The molecule has 0 spiro atoms. The number of unbranched alkanes of at least 4 members (excludes halogenated alkanes) is 1. The van der Waals surface area contributed by atoms with E-state index in [4.69, 9.17) is 0 Å². The first-order valence-electron chi connectivity index (χ1n) is 6.47. The van der Waals surface area contributed by atoms with E-state index in [2.05, 4.69) is 15.6 Å². The number of amides is 1. The molecule has 1 heterocycles. The number of anilines is 1. The molecule has 0 fully saturated rings. The number of aromatic nitrogens is 1. The van der Waals surface area contributed by atoms with Gasteiger partial charge in [-0.3, -0.25) is 9.78 Å². The van der Waals surface area contributed by atoms with Crippen molar-refractivity contribution in [3.63, 3.8) is 0 Å². The van der Waals surface area contributed by atoms with E-state index < -0.39 is 12.6 Å². The van der Waals surface area contributed by atoms with Crippen LogP contribution in [0.1, 0.15) is 36.7 Å². The molecule has 0 aromatic carbocycles. The monoisotopic (exact) mass is 289 g/mol. The molecule has 112 valence electrons. The Labute approximate surface area is 115 Å². The van der Waals surface area contributed by atoms with Gasteiger partial charge in [0.05, 0.1) is 0 Å². The predicted octanol–water partition coefficient (Wildman–Crippen LogP) is 2.98. The van der Waals surface area contributed by atoms with Crippen molar-refractivity contribution >= 4 is 11.6 Å². The summed E-state index contributed by atoms with van der Waals surface area (Å²) in [6, 6.07) is 3.25. The quantitative estimate of drug-likeness (QED) is 0.759. The zero-order chi connectivity index (χ0) is 15.0. The molecule has 0 saturated carbocycles. The molecule has 0 aliphatic rings. The highest BCUT2D eigenvalue weighted by Gasteiger charge is 2.25. The molecule has 1 aromatic rings. The number of hydrogen-bond donors (Lipinski definition) is 2. The van der Waals surface area contributed by atoms with Crippen molar-refractivity contribution in [2.45, 2.75) is 32.4 Å². The summed E-state index contributed by atoms with van der Waals surface area (Å²) < 4.78 is 35.8. The summed E-state index contributed by atoms with van der Waals surface area (Å²) in [6.07, 6.45) is -2.87. The van der Waals surface area contributed by atoms with Crippen LogP contribution in [0, 0.1) is 0 Å². The summed E-state index contributed by atoms with van der Waals surface area (Å²) in [6.45, 7) is 2.74. The average Bonchev–Trinajstić information content (AvgIpc) is 2.37. The van der Waals surface area contributed by atoms with Gasteiger partial charge in [-0.25, -0.2) is 0 Å². The smallest absolute Gasteiger partial charge is 0.385 e. The van der Waals surface area contributed by atoms with Gasteiger partial charge < -0.3 is 10.6 Å². The van der Waals surface area contributed by atoms with Gasteiger partial charge in [0.2, 0.25) is 0 Å². The first kappa shape index (κ1) is 16.3. The molecule has 0 unspecified atom stereocenters. The zero-order valence-electron chi connectivity index (χ0n) is 11.3. The molecule has 1 rings (SSSR count). The highest BCUT2D eigenvalue weighted by Crippen LogP contribution is 2.22. The summed E-state index contributed by atoms with van der Waals surface area (Å²) in [4.78, 5) is 15.5. The van der Waals surface area contributed by atoms with E-state index in [0.29, 0.717) is 25.2 Å². The van der Waals surface area contributed by atoms with E-state index in [-0.39, 0.29) is 18.0 Å². The van der Waals surface area contributed by atoms with Gasteiger partial charge in [0, 0.05) is 31.4 Å². The largest absolute Gasteiger partial charge is 0.389 e. The summed E-state index contributed by atoms with van der Waals surface area (Å²) in [5.41, 5.74) is 0.959. The lowest BCUT2D eigenvalue weighted by Gasteiger charge is -2.09. The number of nitrogens with zero attached hydrogens (tertiary/aromatic N) is 1. The van der Waals surface area contributed by atoms with E-state index in [1.807, 2.05) is 0 Å². The van der Waals surface area contributed by atoms with Gasteiger partial charge in [0.15, 0.2) is 0 Å². The molecule has 0 saturated heterocycles. The minimum atomic E-state index is -4.10. The van der Waals surface area contributed by atoms with E-state index in [1.54, 1.807) is 19.1 Å². The molecule has 0 atom stereocenters. The molecule has 0 aliphatic carbocycles. The van der Waals surface area contributed by atoms with Crippen LogP contribution in [0.2, 0.25) is 0 Å². The summed E-state index contributed by atoms with van der Waals surface area (Å²) in [5, 5.41) is 5.61. The lowest BCUT2D eigenvalue weighted by Crippen LogP contribution is -2.23. The highest BCUT2D eigenvalue weighted by atomic mass is 19.4. The lowest BCUT2D eigenvalue weighted by atomic mass is 10.2. The number of nitrogens with one attached hydrogen (secondary N) is 2. The van der Waals surface area contributed by atoms with E-state index in [0.717, 1.165) is 0 Å². The molecular formula is C13H18F3N3O. The van der Waals surface area contributed by atoms with Gasteiger partial charge in [0.25, 0.3) is 5.91 Å². The van der Waals surface area contributed by atoms with E-state index >= 15 is 0 Å². The Kier molecular flexibility index (Phi) is 6.27. The Hall–Kier alpha value is -1.79. The van der Waals surface area contributed by atoms with E-state index in [9.17, 15) is 18.0 Å². The van der Waals surface area contributed by atoms with E-state index in [1.165, 1.54) is 6.20 Å². The highest BCUT2D eigenvalue weighted by molar-refractivity contribution is 5.93. The standard InChI is InChI=1S/C13H18F3N3O/c1-2-17-12(20)11-9-10(5-8-19-11)18-7-4-3-6-13(14,15)16/h5,8-9H,2-4,6-7H2,1H3,(H,17,20)(H,18,19). The third-order valence-electron chi connectivity index (χ3n) is 2.55.